The van der Waals surface area contributed by atoms with Gasteiger partial charge in [-0.25, -0.2) is 9.78 Å². The summed E-state index contributed by atoms with van der Waals surface area (Å²) in [4.78, 5) is 30.4. The largest absolute Gasteiger partial charge is 0.465 e. The number of hydrogen-bond donors (Lipinski definition) is 2. The summed E-state index contributed by atoms with van der Waals surface area (Å²) in [6.45, 7) is 2.27. The van der Waals surface area contributed by atoms with Gasteiger partial charge in [-0.2, -0.15) is 0 Å². The van der Waals surface area contributed by atoms with E-state index in [1.54, 1.807) is 35.6 Å². The number of fused-ring (bicyclic) bond motifs is 1. The first kappa shape index (κ1) is 19.5. The molecule has 1 amide bonds. The Morgan fingerprint density at radius 1 is 1.14 bits per heavy atom. The summed E-state index contributed by atoms with van der Waals surface area (Å²) < 4.78 is 6.02. The number of amides is 1. The van der Waals surface area contributed by atoms with Gasteiger partial charge in [0.1, 0.15) is 0 Å². The number of para-hydroxylation sites is 2. The molecule has 2 heterocycles. The zero-order valence-corrected chi connectivity index (χ0v) is 17.1. The monoisotopic (exact) mass is 410 g/mol. The van der Waals surface area contributed by atoms with E-state index in [1.165, 1.54) is 21.7 Å². The van der Waals surface area contributed by atoms with Gasteiger partial charge in [-0.3, -0.25) is 4.79 Å². The molecule has 1 aliphatic heterocycles. The van der Waals surface area contributed by atoms with Crippen LogP contribution in [0.5, 0.6) is 0 Å². The molecule has 1 aliphatic rings. The molecule has 2 aromatic carbocycles. The van der Waals surface area contributed by atoms with Gasteiger partial charge >= 0.3 is 5.97 Å². The number of nitrogens with one attached hydrogen (secondary N) is 2. The molecule has 0 radical (unpaired) electrons. The molecular weight excluding hydrogens is 386 g/mol. The van der Waals surface area contributed by atoms with E-state index in [0.717, 1.165) is 31.4 Å². The van der Waals surface area contributed by atoms with Crippen molar-refractivity contribution >= 4 is 39.1 Å². The Bertz CT molecular complexity index is 992. The standard InChI is InChI=1S/C22H23N3O3S/c1-28-22(27)16-6-2-3-7-17(16)23-20(26)14-25-12-10-15(11-13-25)21-24-18-8-4-5-9-19(18)29-21/h2-9,15H,10-14H2,1H3,(H,23,26)/p+1. The number of anilines is 1. The molecule has 2 N–H and O–H groups in total. The van der Waals surface area contributed by atoms with Gasteiger partial charge in [0.2, 0.25) is 0 Å². The van der Waals surface area contributed by atoms with Crippen LogP contribution in [0.15, 0.2) is 48.5 Å². The highest BCUT2D eigenvalue weighted by Gasteiger charge is 2.27. The van der Waals surface area contributed by atoms with Crippen LogP contribution < -0.4 is 10.2 Å². The van der Waals surface area contributed by atoms with Crippen molar-refractivity contribution < 1.29 is 19.2 Å². The minimum atomic E-state index is -0.454. The highest BCUT2D eigenvalue weighted by Crippen LogP contribution is 2.31. The minimum absolute atomic E-state index is 0.0882. The second kappa shape index (κ2) is 8.71. The van der Waals surface area contributed by atoms with Gasteiger partial charge in [-0.15, -0.1) is 11.3 Å². The SMILES string of the molecule is COC(=O)c1ccccc1NC(=O)C[NH+]1CCC(c2nc3ccccc3s2)CC1. The zero-order chi connectivity index (χ0) is 20.2. The van der Waals surface area contributed by atoms with E-state index in [2.05, 4.69) is 17.4 Å². The summed E-state index contributed by atoms with van der Waals surface area (Å²) in [7, 11) is 1.33. The maximum atomic E-state index is 12.5. The van der Waals surface area contributed by atoms with Crippen molar-refractivity contribution in [2.24, 2.45) is 0 Å². The smallest absolute Gasteiger partial charge is 0.339 e. The molecule has 3 aromatic rings. The first-order valence-electron chi connectivity index (χ1n) is 9.80. The Hall–Kier alpha value is -2.77. The van der Waals surface area contributed by atoms with E-state index in [-0.39, 0.29) is 5.91 Å². The molecule has 0 spiro atoms. The lowest BCUT2D eigenvalue weighted by Gasteiger charge is -2.27. The molecule has 1 saturated heterocycles. The fraction of sp³-hybridized carbons (Fsp3) is 0.318. The van der Waals surface area contributed by atoms with Gasteiger partial charge in [0.05, 0.1) is 46.7 Å². The van der Waals surface area contributed by atoms with Crippen LogP contribution in [0, 0.1) is 0 Å². The fourth-order valence-corrected chi connectivity index (χ4v) is 4.95. The summed E-state index contributed by atoms with van der Waals surface area (Å²) in [6.07, 6.45) is 2.06. The lowest BCUT2D eigenvalue weighted by molar-refractivity contribution is -0.897. The number of ether oxygens (including phenoxy) is 1. The third kappa shape index (κ3) is 4.46. The van der Waals surface area contributed by atoms with Crippen LogP contribution in [0.4, 0.5) is 5.69 Å². The van der Waals surface area contributed by atoms with Crippen molar-refractivity contribution in [3.63, 3.8) is 0 Å². The number of nitrogens with zero attached hydrogens (tertiary/aromatic N) is 1. The Morgan fingerprint density at radius 3 is 2.62 bits per heavy atom. The minimum Gasteiger partial charge on any atom is -0.465 e. The predicted octanol–water partition coefficient (Wildman–Crippen LogP) is 2.48. The normalized spacial score (nSPS) is 19.1. The number of piperidine rings is 1. The number of rotatable bonds is 5. The van der Waals surface area contributed by atoms with E-state index in [4.69, 9.17) is 9.72 Å². The maximum Gasteiger partial charge on any atom is 0.339 e. The predicted molar refractivity (Wildman–Crippen MR) is 114 cm³/mol. The zero-order valence-electron chi connectivity index (χ0n) is 16.3. The first-order valence-corrected chi connectivity index (χ1v) is 10.6. The second-order valence-corrected chi connectivity index (χ2v) is 8.37. The fourth-order valence-electron chi connectivity index (χ4n) is 3.82. The summed E-state index contributed by atoms with van der Waals surface area (Å²) >= 11 is 1.78. The van der Waals surface area contributed by atoms with Crippen LogP contribution >= 0.6 is 11.3 Å². The number of quaternary nitrogens is 1. The van der Waals surface area contributed by atoms with E-state index < -0.39 is 5.97 Å². The Labute approximate surface area is 173 Å². The van der Waals surface area contributed by atoms with Crippen molar-refractivity contribution in [1.29, 1.82) is 0 Å². The van der Waals surface area contributed by atoms with Gasteiger partial charge in [0.15, 0.2) is 6.54 Å². The topological polar surface area (TPSA) is 72.7 Å². The molecule has 0 unspecified atom stereocenters. The van der Waals surface area contributed by atoms with Crippen LogP contribution in [0.25, 0.3) is 10.2 Å². The van der Waals surface area contributed by atoms with E-state index in [0.29, 0.717) is 23.7 Å². The third-order valence-corrected chi connectivity index (χ3v) is 6.57. The molecular formula is C22H24N3O3S+. The number of methoxy groups -OCH3 is 1. The van der Waals surface area contributed by atoms with Gasteiger partial charge in [0, 0.05) is 18.8 Å². The molecule has 7 heteroatoms. The molecule has 1 aromatic heterocycles. The highest BCUT2D eigenvalue weighted by atomic mass is 32.1. The first-order chi connectivity index (χ1) is 14.1. The number of esters is 1. The number of hydrogen-bond acceptors (Lipinski definition) is 5. The average molecular weight is 411 g/mol. The van der Waals surface area contributed by atoms with Crippen molar-refractivity contribution in [2.45, 2.75) is 18.8 Å². The number of likely N-dealkylation sites (tertiary alicyclic amines) is 1. The van der Waals surface area contributed by atoms with Crippen molar-refractivity contribution in [1.82, 2.24) is 4.98 Å². The number of carbonyl (C=O) groups excluding carboxylic acids is 2. The van der Waals surface area contributed by atoms with Crippen LogP contribution in [-0.2, 0) is 9.53 Å². The van der Waals surface area contributed by atoms with Gasteiger partial charge in [-0.1, -0.05) is 24.3 Å². The number of carbonyl (C=O) groups is 2. The quantitative estimate of drug-likeness (QED) is 0.634. The van der Waals surface area contributed by atoms with Crippen molar-refractivity contribution in [3.8, 4) is 0 Å². The van der Waals surface area contributed by atoms with Gasteiger partial charge < -0.3 is 15.0 Å². The lowest BCUT2D eigenvalue weighted by Crippen LogP contribution is -3.14. The third-order valence-electron chi connectivity index (χ3n) is 5.37. The molecule has 0 aliphatic carbocycles. The average Bonchev–Trinajstić information content (AvgIpc) is 3.18. The summed E-state index contributed by atoms with van der Waals surface area (Å²) in [5.74, 6) is -0.0704. The van der Waals surface area contributed by atoms with Crippen LogP contribution in [0.2, 0.25) is 0 Å². The van der Waals surface area contributed by atoms with Crippen molar-refractivity contribution in [2.75, 3.05) is 32.1 Å². The molecule has 150 valence electrons. The van der Waals surface area contributed by atoms with Crippen LogP contribution in [0.1, 0.15) is 34.1 Å². The number of aromatic nitrogens is 1. The number of benzene rings is 2. The van der Waals surface area contributed by atoms with Gasteiger partial charge in [0.25, 0.3) is 5.91 Å². The highest BCUT2D eigenvalue weighted by molar-refractivity contribution is 7.18. The molecule has 0 bridgehead atoms. The van der Waals surface area contributed by atoms with Crippen LogP contribution in [-0.4, -0.2) is 43.6 Å². The van der Waals surface area contributed by atoms with E-state index in [9.17, 15) is 9.59 Å². The lowest BCUT2D eigenvalue weighted by atomic mass is 9.97. The Kier molecular flexibility index (Phi) is 5.87. The van der Waals surface area contributed by atoms with Crippen LogP contribution in [0.3, 0.4) is 0 Å². The summed E-state index contributed by atoms with van der Waals surface area (Å²) in [5, 5.41) is 4.07. The maximum absolute atomic E-state index is 12.5. The van der Waals surface area contributed by atoms with E-state index in [1.807, 2.05) is 12.1 Å². The molecule has 4 rings (SSSR count). The summed E-state index contributed by atoms with van der Waals surface area (Å²) in [6, 6.07) is 15.2. The second-order valence-electron chi connectivity index (χ2n) is 7.31. The summed E-state index contributed by atoms with van der Waals surface area (Å²) in [5.41, 5.74) is 1.94. The molecule has 6 nitrogen and oxygen atoms in total. The Balaban J connectivity index is 1.33. The van der Waals surface area contributed by atoms with Crippen molar-refractivity contribution in [3.05, 3.63) is 59.1 Å². The Morgan fingerprint density at radius 2 is 1.86 bits per heavy atom. The molecule has 0 saturated carbocycles. The molecule has 0 atom stereocenters. The number of thiazole rings is 1. The van der Waals surface area contributed by atoms with E-state index >= 15 is 0 Å². The molecule has 29 heavy (non-hydrogen) atoms. The van der Waals surface area contributed by atoms with Gasteiger partial charge in [-0.05, 0) is 24.3 Å². The molecule has 1 fully saturated rings.